The fourth-order valence-corrected chi connectivity index (χ4v) is 4.42. The summed E-state index contributed by atoms with van der Waals surface area (Å²) in [4.78, 5) is 17.0. The Morgan fingerprint density at radius 1 is 1.31 bits per heavy atom. The molecule has 3 aliphatic rings. The molecule has 142 valence electrons. The number of hydrazine groups is 1. The minimum atomic E-state index is -0.220. The molecule has 1 aromatic rings. The lowest BCUT2D eigenvalue weighted by Crippen LogP contribution is -2.55. The van der Waals surface area contributed by atoms with E-state index in [1.807, 2.05) is 11.0 Å². The molecule has 1 amide bonds. The number of carbonyl (C=O) groups is 1. The van der Waals surface area contributed by atoms with Gasteiger partial charge in [0.2, 0.25) is 5.91 Å². The molecule has 0 radical (unpaired) electrons. The summed E-state index contributed by atoms with van der Waals surface area (Å²) in [5.41, 5.74) is 6.91. The monoisotopic (exact) mass is 362 g/mol. The van der Waals surface area contributed by atoms with Crippen molar-refractivity contribution in [2.24, 2.45) is 5.41 Å². The fraction of sp³-hybridized carbons (Fsp3) is 0.632. The molecule has 7 heteroatoms. The van der Waals surface area contributed by atoms with Gasteiger partial charge in [0.1, 0.15) is 11.9 Å². The molecule has 1 spiro atoms. The van der Waals surface area contributed by atoms with Crippen LogP contribution < -0.4 is 15.8 Å². The Morgan fingerprint density at radius 3 is 3.04 bits per heavy atom. The van der Waals surface area contributed by atoms with Gasteiger partial charge in [-0.2, -0.15) is 0 Å². The first-order valence-corrected chi connectivity index (χ1v) is 9.51. The number of hydrogen-bond donors (Lipinski definition) is 2. The van der Waals surface area contributed by atoms with Crippen LogP contribution in [0.25, 0.3) is 0 Å². The number of hydrogen-bond acceptors (Lipinski definition) is 5. The Balaban J connectivity index is 1.50. The first-order valence-electron chi connectivity index (χ1n) is 9.51. The van der Waals surface area contributed by atoms with Gasteiger partial charge in [-0.25, -0.2) is 9.82 Å². The average Bonchev–Trinajstić information content (AvgIpc) is 3.11. The van der Waals surface area contributed by atoms with Gasteiger partial charge >= 0.3 is 0 Å². The van der Waals surface area contributed by atoms with Crippen molar-refractivity contribution < 1.29 is 13.9 Å². The third-order valence-corrected chi connectivity index (χ3v) is 5.72. The van der Waals surface area contributed by atoms with Crippen LogP contribution in [-0.4, -0.2) is 62.8 Å². The van der Waals surface area contributed by atoms with Crippen LogP contribution in [-0.2, 0) is 9.53 Å². The number of ether oxygens (including phenoxy) is 1. The van der Waals surface area contributed by atoms with Crippen LogP contribution >= 0.6 is 0 Å². The molecule has 4 rings (SSSR count). The highest BCUT2D eigenvalue weighted by atomic mass is 19.1. The smallest absolute Gasteiger partial charge is 0.241 e. The van der Waals surface area contributed by atoms with Crippen molar-refractivity contribution in [3.63, 3.8) is 0 Å². The van der Waals surface area contributed by atoms with E-state index in [1.165, 1.54) is 6.07 Å². The Bertz CT molecular complexity index is 652. The molecule has 0 aromatic heterocycles. The second-order valence-corrected chi connectivity index (χ2v) is 7.73. The number of piperidine rings is 1. The van der Waals surface area contributed by atoms with Crippen molar-refractivity contribution >= 4 is 11.6 Å². The first-order chi connectivity index (χ1) is 12.7. The number of halogens is 1. The topological polar surface area (TPSA) is 56.8 Å². The summed E-state index contributed by atoms with van der Waals surface area (Å²) < 4.78 is 19.6. The van der Waals surface area contributed by atoms with Gasteiger partial charge in [0.25, 0.3) is 0 Å². The van der Waals surface area contributed by atoms with Gasteiger partial charge in [-0.3, -0.25) is 10.2 Å². The number of likely N-dealkylation sites (tertiary alicyclic amines) is 1. The Hall–Kier alpha value is -1.70. The number of benzene rings is 1. The van der Waals surface area contributed by atoms with E-state index in [0.717, 1.165) is 51.1 Å². The van der Waals surface area contributed by atoms with E-state index in [1.54, 1.807) is 12.1 Å². The lowest BCUT2D eigenvalue weighted by atomic mass is 9.79. The first kappa shape index (κ1) is 17.7. The van der Waals surface area contributed by atoms with Crippen LogP contribution in [0.15, 0.2) is 24.3 Å². The fourth-order valence-electron chi connectivity index (χ4n) is 4.42. The van der Waals surface area contributed by atoms with E-state index in [2.05, 4.69) is 15.8 Å². The zero-order valence-electron chi connectivity index (χ0n) is 15.0. The second kappa shape index (κ2) is 7.50. The molecule has 3 saturated heterocycles. The molecule has 3 heterocycles. The molecule has 0 bridgehead atoms. The average molecular weight is 362 g/mol. The van der Waals surface area contributed by atoms with Crippen molar-refractivity contribution in [1.82, 2.24) is 15.8 Å². The highest BCUT2D eigenvalue weighted by Crippen LogP contribution is 2.35. The van der Waals surface area contributed by atoms with Crippen LogP contribution in [0.4, 0.5) is 10.1 Å². The van der Waals surface area contributed by atoms with E-state index < -0.39 is 0 Å². The molecule has 3 fully saturated rings. The van der Waals surface area contributed by atoms with Crippen LogP contribution in [0.5, 0.6) is 0 Å². The minimum Gasteiger partial charge on any atom is -0.379 e. The summed E-state index contributed by atoms with van der Waals surface area (Å²) in [7, 11) is 0. The molecule has 2 atom stereocenters. The zero-order chi connectivity index (χ0) is 18.0. The molecule has 2 unspecified atom stereocenters. The molecule has 2 N–H and O–H groups in total. The lowest BCUT2D eigenvalue weighted by molar-refractivity contribution is -0.137. The summed E-state index contributed by atoms with van der Waals surface area (Å²) in [6, 6.07) is 6.62. The van der Waals surface area contributed by atoms with Crippen molar-refractivity contribution in [2.75, 3.05) is 50.8 Å². The van der Waals surface area contributed by atoms with Gasteiger partial charge in [-0.1, -0.05) is 6.07 Å². The number of nitrogens with one attached hydrogen (secondary N) is 2. The van der Waals surface area contributed by atoms with E-state index >= 15 is 0 Å². The molecular weight excluding hydrogens is 335 g/mol. The van der Waals surface area contributed by atoms with Gasteiger partial charge in [0.15, 0.2) is 0 Å². The van der Waals surface area contributed by atoms with Crippen molar-refractivity contribution in [2.45, 2.75) is 25.3 Å². The van der Waals surface area contributed by atoms with Crippen LogP contribution in [0, 0.1) is 11.2 Å². The molecular formula is C19H27FN4O2. The van der Waals surface area contributed by atoms with Gasteiger partial charge in [-0.15, -0.1) is 0 Å². The van der Waals surface area contributed by atoms with E-state index in [4.69, 9.17) is 4.74 Å². The van der Waals surface area contributed by atoms with Gasteiger partial charge in [0.05, 0.1) is 13.2 Å². The summed E-state index contributed by atoms with van der Waals surface area (Å²) in [5, 5.41) is 0. The SMILES string of the molecule is O=C(C1CCNN1)N1CCCC2(COCCN(c3cccc(F)c3)C2)C1. The Kier molecular flexibility index (Phi) is 5.11. The summed E-state index contributed by atoms with van der Waals surface area (Å²) in [6.45, 7) is 5.14. The number of nitrogens with zero attached hydrogens (tertiary/aromatic N) is 2. The standard InChI is InChI=1S/C19H27FN4O2/c20-15-3-1-4-16(11-15)23-9-10-26-14-19(12-23)6-2-8-24(13-19)18(25)17-5-7-21-22-17/h1,3-4,11,17,21-22H,2,5-10,12-14H2. The molecule has 3 aliphatic heterocycles. The third-order valence-electron chi connectivity index (χ3n) is 5.72. The predicted molar refractivity (Wildman–Crippen MR) is 97.2 cm³/mol. The van der Waals surface area contributed by atoms with E-state index in [9.17, 15) is 9.18 Å². The Morgan fingerprint density at radius 2 is 2.23 bits per heavy atom. The highest BCUT2D eigenvalue weighted by molar-refractivity contribution is 5.82. The number of rotatable bonds is 2. The Labute approximate surface area is 153 Å². The van der Waals surface area contributed by atoms with Gasteiger partial charge < -0.3 is 14.5 Å². The molecule has 0 aliphatic carbocycles. The second-order valence-electron chi connectivity index (χ2n) is 7.73. The van der Waals surface area contributed by atoms with Crippen molar-refractivity contribution in [1.29, 1.82) is 0 Å². The summed E-state index contributed by atoms with van der Waals surface area (Å²) in [6.07, 6.45) is 2.83. The molecule has 0 saturated carbocycles. The van der Waals surface area contributed by atoms with Crippen LogP contribution in [0.3, 0.4) is 0 Å². The lowest BCUT2D eigenvalue weighted by Gasteiger charge is -2.44. The van der Waals surface area contributed by atoms with Crippen LogP contribution in [0.2, 0.25) is 0 Å². The number of carbonyl (C=O) groups excluding carboxylic acids is 1. The zero-order valence-corrected chi connectivity index (χ0v) is 15.0. The van der Waals surface area contributed by atoms with Gasteiger partial charge in [-0.05, 0) is 37.5 Å². The normalized spacial score (nSPS) is 29.8. The molecule has 26 heavy (non-hydrogen) atoms. The highest BCUT2D eigenvalue weighted by Gasteiger charge is 2.41. The molecule has 6 nitrogen and oxygen atoms in total. The van der Waals surface area contributed by atoms with Crippen molar-refractivity contribution in [3.8, 4) is 0 Å². The largest absolute Gasteiger partial charge is 0.379 e. The van der Waals surface area contributed by atoms with Crippen LogP contribution in [0.1, 0.15) is 19.3 Å². The quantitative estimate of drug-likeness (QED) is 0.826. The number of amides is 1. The minimum absolute atomic E-state index is 0.0945. The molecule has 1 aromatic carbocycles. The predicted octanol–water partition coefficient (Wildman–Crippen LogP) is 1.14. The van der Waals surface area contributed by atoms with E-state index in [0.29, 0.717) is 19.8 Å². The number of anilines is 1. The van der Waals surface area contributed by atoms with E-state index in [-0.39, 0.29) is 23.2 Å². The van der Waals surface area contributed by atoms with Gasteiger partial charge in [0, 0.05) is 43.8 Å². The summed E-state index contributed by atoms with van der Waals surface area (Å²) >= 11 is 0. The maximum atomic E-state index is 13.7. The summed E-state index contributed by atoms with van der Waals surface area (Å²) in [5.74, 6) is -0.0439. The third kappa shape index (κ3) is 3.70. The maximum Gasteiger partial charge on any atom is 0.241 e. The van der Waals surface area contributed by atoms with Crippen molar-refractivity contribution in [3.05, 3.63) is 30.1 Å². The maximum absolute atomic E-state index is 13.7.